The van der Waals surface area contributed by atoms with Gasteiger partial charge in [0.15, 0.2) is 5.76 Å². The van der Waals surface area contributed by atoms with Crippen LogP contribution in [0.15, 0.2) is 40.8 Å². The first-order valence-electron chi connectivity index (χ1n) is 5.83. The Morgan fingerprint density at radius 3 is 2.24 bits per heavy atom. The van der Waals surface area contributed by atoms with Gasteiger partial charge in [0, 0.05) is 11.5 Å². The monoisotopic (exact) mass is 224 g/mol. The van der Waals surface area contributed by atoms with Crippen LogP contribution in [0.4, 0.5) is 0 Å². The predicted octanol–water partition coefficient (Wildman–Crippen LogP) is 4.11. The molecule has 0 atom stereocenters. The third kappa shape index (κ3) is 3.01. The molecule has 0 saturated heterocycles. The van der Waals surface area contributed by atoms with Crippen molar-refractivity contribution in [2.75, 3.05) is 0 Å². The van der Waals surface area contributed by atoms with E-state index in [9.17, 15) is 0 Å². The Balaban J connectivity index is 2.18. The van der Waals surface area contributed by atoms with Crippen LogP contribution in [0.25, 0.3) is 0 Å². The topological polar surface area (TPSA) is 13.1 Å². The SMILES string of the molecule is Cc1ccc(C#Cc2ccc(C(C)C)o2)cc1. The third-order valence-corrected chi connectivity index (χ3v) is 2.58. The van der Waals surface area contributed by atoms with E-state index in [1.54, 1.807) is 0 Å². The summed E-state index contributed by atoms with van der Waals surface area (Å²) in [6.07, 6.45) is 0. The molecular weight excluding hydrogens is 208 g/mol. The molecule has 0 saturated carbocycles. The molecule has 1 heteroatoms. The largest absolute Gasteiger partial charge is 0.452 e. The van der Waals surface area contributed by atoms with E-state index >= 15 is 0 Å². The van der Waals surface area contributed by atoms with E-state index in [2.05, 4.69) is 44.7 Å². The Morgan fingerprint density at radius 2 is 1.65 bits per heavy atom. The van der Waals surface area contributed by atoms with Gasteiger partial charge in [0.1, 0.15) is 5.76 Å². The summed E-state index contributed by atoms with van der Waals surface area (Å²) in [6, 6.07) is 12.1. The predicted molar refractivity (Wildman–Crippen MR) is 70.0 cm³/mol. The molecule has 0 aliphatic carbocycles. The molecule has 0 aliphatic heterocycles. The van der Waals surface area contributed by atoms with Gasteiger partial charge >= 0.3 is 0 Å². The average molecular weight is 224 g/mol. The highest BCUT2D eigenvalue weighted by Gasteiger charge is 2.03. The minimum atomic E-state index is 0.407. The van der Waals surface area contributed by atoms with Gasteiger partial charge in [-0.1, -0.05) is 37.5 Å². The van der Waals surface area contributed by atoms with Gasteiger partial charge in [-0.2, -0.15) is 0 Å². The van der Waals surface area contributed by atoms with Gasteiger partial charge in [-0.3, -0.25) is 0 Å². The van der Waals surface area contributed by atoms with Crippen molar-refractivity contribution < 1.29 is 4.42 Å². The van der Waals surface area contributed by atoms with Crippen LogP contribution in [0.1, 0.15) is 42.4 Å². The van der Waals surface area contributed by atoms with Crippen molar-refractivity contribution in [1.82, 2.24) is 0 Å². The second-order valence-electron chi connectivity index (χ2n) is 4.47. The van der Waals surface area contributed by atoms with Crippen molar-refractivity contribution >= 4 is 0 Å². The lowest BCUT2D eigenvalue weighted by Crippen LogP contribution is -1.80. The highest BCUT2D eigenvalue weighted by molar-refractivity contribution is 5.40. The number of hydrogen-bond donors (Lipinski definition) is 0. The Bertz CT molecular complexity index is 547. The molecule has 0 spiro atoms. The van der Waals surface area contributed by atoms with Gasteiger partial charge in [-0.05, 0) is 37.1 Å². The van der Waals surface area contributed by atoms with E-state index < -0.39 is 0 Å². The summed E-state index contributed by atoms with van der Waals surface area (Å²) in [5, 5.41) is 0. The van der Waals surface area contributed by atoms with E-state index in [1.807, 2.05) is 24.3 Å². The van der Waals surface area contributed by atoms with Gasteiger partial charge < -0.3 is 4.42 Å². The number of benzene rings is 1. The number of hydrogen-bond acceptors (Lipinski definition) is 1. The maximum atomic E-state index is 5.62. The van der Waals surface area contributed by atoms with Gasteiger partial charge in [0.05, 0.1) is 0 Å². The summed E-state index contributed by atoms with van der Waals surface area (Å²) in [5.74, 6) is 8.26. The van der Waals surface area contributed by atoms with Crippen molar-refractivity contribution in [3.8, 4) is 11.8 Å². The number of rotatable bonds is 1. The van der Waals surface area contributed by atoms with Crippen LogP contribution in [0.5, 0.6) is 0 Å². The van der Waals surface area contributed by atoms with E-state index in [4.69, 9.17) is 4.42 Å². The van der Waals surface area contributed by atoms with E-state index in [1.165, 1.54) is 5.56 Å². The molecule has 0 aliphatic rings. The van der Waals surface area contributed by atoms with Crippen molar-refractivity contribution in [1.29, 1.82) is 0 Å². The highest BCUT2D eigenvalue weighted by atomic mass is 16.3. The zero-order chi connectivity index (χ0) is 12.3. The summed E-state index contributed by atoms with van der Waals surface area (Å²) in [4.78, 5) is 0. The molecule has 86 valence electrons. The fourth-order valence-electron chi connectivity index (χ4n) is 1.50. The zero-order valence-corrected chi connectivity index (χ0v) is 10.4. The van der Waals surface area contributed by atoms with Crippen molar-refractivity contribution in [2.45, 2.75) is 26.7 Å². The van der Waals surface area contributed by atoms with Gasteiger partial charge in [-0.25, -0.2) is 0 Å². The molecule has 0 fully saturated rings. The Kier molecular flexibility index (Phi) is 3.35. The average Bonchev–Trinajstić information content (AvgIpc) is 2.77. The summed E-state index contributed by atoms with van der Waals surface area (Å²) in [5.41, 5.74) is 2.26. The molecule has 1 aromatic heterocycles. The van der Waals surface area contributed by atoms with Gasteiger partial charge in [0.2, 0.25) is 0 Å². The maximum absolute atomic E-state index is 5.62. The van der Waals surface area contributed by atoms with Gasteiger partial charge in [0.25, 0.3) is 0 Å². The number of aryl methyl sites for hydroxylation is 1. The third-order valence-electron chi connectivity index (χ3n) is 2.58. The molecule has 1 heterocycles. The van der Waals surface area contributed by atoms with Crippen LogP contribution in [-0.2, 0) is 0 Å². The highest BCUT2D eigenvalue weighted by Crippen LogP contribution is 2.16. The molecule has 0 bridgehead atoms. The summed E-state index contributed by atoms with van der Waals surface area (Å²) in [7, 11) is 0. The molecule has 1 nitrogen and oxygen atoms in total. The minimum Gasteiger partial charge on any atom is -0.452 e. The van der Waals surface area contributed by atoms with Crippen LogP contribution in [0.3, 0.4) is 0 Å². The zero-order valence-electron chi connectivity index (χ0n) is 10.4. The van der Waals surface area contributed by atoms with Crippen molar-refractivity contribution in [3.63, 3.8) is 0 Å². The normalized spacial score (nSPS) is 10.1. The fourth-order valence-corrected chi connectivity index (χ4v) is 1.50. The quantitative estimate of drug-likeness (QED) is 0.664. The van der Waals surface area contributed by atoms with Crippen LogP contribution < -0.4 is 0 Å². The van der Waals surface area contributed by atoms with Crippen molar-refractivity contribution in [2.24, 2.45) is 0 Å². The lowest BCUT2D eigenvalue weighted by molar-refractivity contribution is 0.478. The molecule has 2 aromatic rings. The van der Waals surface area contributed by atoms with E-state index in [0.29, 0.717) is 5.92 Å². The molecule has 0 amide bonds. The fraction of sp³-hybridized carbons (Fsp3) is 0.250. The van der Waals surface area contributed by atoms with Crippen LogP contribution >= 0.6 is 0 Å². The second-order valence-corrected chi connectivity index (χ2v) is 4.47. The summed E-state index contributed by atoms with van der Waals surface area (Å²) >= 11 is 0. The van der Waals surface area contributed by atoms with Crippen molar-refractivity contribution in [3.05, 3.63) is 59.0 Å². The summed E-state index contributed by atoms with van der Waals surface area (Å²) in [6.45, 7) is 6.28. The first-order chi connectivity index (χ1) is 8.15. The molecule has 0 N–H and O–H groups in total. The van der Waals surface area contributed by atoms with Crippen LogP contribution in [-0.4, -0.2) is 0 Å². The maximum Gasteiger partial charge on any atom is 0.177 e. The Morgan fingerprint density at radius 1 is 0.941 bits per heavy atom. The van der Waals surface area contributed by atoms with E-state index in [0.717, 1.165) is 17.1 Å². The minimum absolute atomic E-state index is 0.407. The smallest absolute Gasteiger partial charge is 0.177 e. The Labute approximate surface area is 102 Å². The molecule has 2 rings (SSSR count). The van der Waals surface area contributed by atoms with Crippen LogP contribution in [0, 0.1) is 18.8 Å². The Hall–Kier alpha value is -1.94. The standard InChI is InChI=1S/C16H16O/c1-12(2)16-11-10-15(17-16)9-8-14-6-4-13(3)5-7-14/h4-7,10-12H,1-3H3. The van der Waals surface area contributed by atoms with E-state index in [-0.39, 0.29) is 0 Å². The van der Waals surface area contributed by atoms with Crippen LogP contribution in [0.2, 0.25) is 0 Å². The lowest BCUT2D eigenvalue weighted by Gasteiger charge is -1.96. The molecule has 17 heavy (non-hydrogen) atoms. The molecule has 0 unspecified atom stereocenters. The van der Waals surface area contributed by atoms with Gasteiger partial charge in [-0.15, -0.1) is 0 Å². The summed E-state index contributed by atoms with van der Waals surface area (Å²) < 4.78 is 5.62. The lowest BCUT2D eigenvalue weighted by atomic mass is 10.1. The molecular formula is C16H16O. The second kappa shape index (κ2) is 4.93. The molecule has 1 aromatic carbocycles. The first kappa shape index (κ1) is 11.5. The first-order valence-corrected chi connectivity index (χ1v) is 5.83. The molecule has 0 radical (unpaired) electrons. The number of furan rings is 1.